The second kappa shape index (κ2) is 5.48. The zero-order chi connectivity index (χ0) is 15.0. The Morgan fingerprint density at radius 1 is 1.33 bits per heavy atom. The van der Waals surface area contributed by atoms with E-state index in [9.17, 15) is 13.2 Å². The average Bonchev–Trinajstić information content (AvgIpc) is 2.87. The van der Waals surface area contributed by atoms with Crippen LogP contribution in [-0.2, 0) is 16.6 Å². The SMILES string of the molecule is CS(=O)(=O)N1CCN(Cc2nc3ccsc3c(=O)[nH]2)CC1. The minimum atomic E-state index is -3.12. The highest BCUT2D eigenvalue weighted by Gasteiger charge is 2.23. The van der Waals surface area contributed by atoms with Crippen LogP contribution < -0.4 is 5.56 Å². The molecule has 0 amide bonds. The summed E-state index contributed by atoms with van der Waals surface area (Å²) in [6, 6.07) is 1.83. The molecule has 1 N–H and O–H groups in total. The Labute approximate surface area is 126 Å². The molecule has 3 heterocycles. The standard InChI is InChI=1S/C12H16N4O3S2/c1-21(18,19)16-5-3-15(4-6-16)8-10-13-9-2-7-20-11(9)12(17)14-10/h2,7H,3-6,8H2,1H3,(H,13,14,17). The van der Waals surface area contributed by atoms with E-state index in [2.05, 4.69) is 14.9 Å². The molecule has 3 rings (SSSR count). The third-order valence-electron chi connectivity index (χ3n) is 3.54. The highest BCUT2D eigenvalue weighted by atomic mass is 32.2. The zero-order valence-electron chi connectivity index (χ0n) is 11.6. The minimum absolute atomic E-state index is 0.111. The lowest BCUT2D eigenvalue weighted by atomic mass is 10.3. The molecule has 0 unspecified atom stereocenters. The lowest BCUT2D eigenvalue weighted by molar-refractivity contribution is 0.178. The normalized spacial score (nSPS) is 18.3. The minimum Gasteiger partial charge on any atom is -0.308 e. The largest absolute Gasteiger partial charge is 0.308 e. The quantitative estimate of drug-likeness (QED) is 0.861. The molecule has 1 fully saturated rings. The van der Waals surface area contributed by atoms with Gasteiger partial charge in [0.2, 0.25) is 10.0 Å². The van der Waals surface area contributed by atoms with Crippen molar-refractivity contribution in [3.8, 4) is 0 Å². The molecule has 0 aliphatic carbocycles. The van der Waals surface area contributed by atoms with Crippen LogP contribution in [0.25, 0.3) is 10.2 Å². The fraction of sp³-hybridized carbons (Fsp3) is 0.500. The van der Waals surface area contributed by atoms with Gasteiger partial charge in [0.15, 0.2) is 0 Å². The number of sulfonamides is 1. The first-order valence-corrected chi connectivity index (χ1v) is 9.30. The van der Waals surface area contributed by atoms with Crippen molar-refractivity contribution in [1.82, 2.24) is 19.2 Å². The molecule has 21 heavy (non-hydrogen) atoms. The highest BCUT2D eigenvalue weighted by molar-refractivity contribution is 7.88. The van der Waals surface area contributed by atoms with Crippen LogP contribution in [0.4, 0.5) is 0 Å². The predicted molar refractivity (Wildman–Crippen MR) is 81.9 cm³/mol. The third kappa shape index (κ3) is 3.15. The van der Waals surface area contributed by atoms with Gasteiger partial charge in [-0.05, 0) is 11.4 Å². The van der Waals surface area contributed by atoms with E-state index in [1.54, 1.807) is 0 Å². The van der Waals surface area contributed by atoms with Crippen LogP contribution in [0.5, 0.6) is 0 Å². The number of piperazine rings is 1. The molecule has 114 valence electrons. The van der Waals surface area contributed by atoms with Crippen molar-refractivity contribution in [3.05, 3.63) is 27.6 Å². The van der Waals surface area contributed by atoms with Gasteiger partial charge in [0.25, 0.3) is 5.56 Å². The van der Waals surface area contributed by atoms with Crippen molar-refractivity contribution in [2.75, 3.05) is 32.4 Å². The number of nitrogens with zero attached hydrogens (tertiary/aromatic N) is 3. The van der Waals surface area contributed by atoms with Crippen LogP contribution >= 0.6 is 11.3 Å². The molecule has 0 atom stereocenters. The fourth-order valence-electron chi connectivity index (χ4n) is 2.43. The highest BCUT2D eigenvalue weighted by Crippen LogP contribution is 2.14. The Morgan fingerprint density at radius 2 is 2.05 bits per heavy atom. The Kier molecular flexibility index (Phi) is 3.82. The Bertz CT molecular complexity index is 803. The summed E-state index contributed by atoms with van der Waals surface area (Å²) < 4.78 is 25.0. The van der Waals surface area contributed by atoms with E-state index in [0.29, 0.717) is 48.8 Å². The van der Waals surface area contributed by atoms with E-state index >= 15 is 0 Å². The molecule has 0 saturated carbocycles. The van der Waals surface area contributed by atoms with Gasteiger partial charge in [-0.3, -0.25) is 9.69 Å². The molecular weight excluding hydrogens is 312 g/mol. The summed E-state index contributed by atoms with van der Waals surface area (Å²) in [5, 5.41) is 1.85. The first kappa shape index (κ1) is 14.6. The number of H-pyrrole nitrogens is 1. The van der Waals surface area contributed by atoms with Crippen molar-refractivity contribution in [2.45, 2.75) is 6.54 Å². The summed E-state index contributed by atoms with van der Waals surface area (Å²) in [6.07, 6.45) is 1.23. The van der Waals surface area contributed by atoms with Crippen molar-refractivity contribution in [2.24, 2.45) is 0 Å². The van der Waals surface area contributed by atoms with E-state index in [0.717, 1.165) is 0 Å². The molecule has 0 bridgehead atoms. The molecule has 0 aromatic carbocycles. The monoisotopic (exact) mass is 328 g/mol. The number of nitrogens with one attached hydrogen (secondary N) is 1. The lowest BCUT2D eigenvalue weighted by Gasteiger charge is -2.32. The van der Waals surface area contributed by atoms with E-state index in [1.807, 2.05) is 11.4 Å². The summed E-state index contributed by atoms with van der Waals surface area (Å²) in [6.45, 7) is 2.75. The molecule has 1 aliphatic rings. The van der Waals surface area contributed by atoms with Gasteiger partial charge in [0, 0.05) is 26.2 Å². The maximum Gasteiger partial charge on any atom is 0.268 e. The van der Waals surface area contributed by atoms with Crippen molar-refractivity contribution >= 4 is 31.6 Å². The zero-order valence-corrected chi connectivity index (χ0v) is 13.2. The Balaban J connectivity index is 1.71. The van der Waals surface area contributed by atoms with Crippen LogP contribution in [0.3, 0.4) is 0 Å². The first-order valence-electron chi connectivity index (χ1n) is 6.57. The van der Waals surface area contributed by atoms with Gasteiger partial charge in [-0.2, -0.15) is 4.31 Å². The topological polar surface area (TPSA) is 86.4 Å². The molecule has 1 saturated heterocycles. The number of hydrogen-bond acceptors (Lipinski definition) is 6. The molecule has 7 nitrogen and oxygen atoms in total. The van der Waals surface area contributed by atoms with E-state index < -0.39 is 10.0 Å². The van der Waals surface area contributed by atoms with Gasteiger partial charge in [-0.25, -0.2) is 13.4 Å². The fourth-order valence-corrected chi connectivity index (χ4v) is 3.98. The molecule has 0 radical (unpaired) electrons. The van der Waals surface area contributed by atoms with Gasteiger partial charge < -0.3 is 4.98 Å². The van der Waals surface area contributed by atoms with Gasteiger partial charge in [-0.15, -0.1) is 11.3 Å². The van der Waals surface area contributed by atoms with Crippen LogP contribution in [0, 0.1) is 0 Å². The third-order valence-corrected chi connectivity index (χ3v) is 5.74. The van der Waals surface area contributed by atoms with Gasteiger partial charge in [0.05, 0.1) is 18.3 Å². The summed E-state index contributed by atoms with van der Waals surface area (Å²) in [5.41, 5.74) is 0.605. The van der Waals surface area contributed by atoms with Crippen molar-refractivity contribution in [1.29, 1.82) is 0 Å². The van der Waals surface area contributed by atoms with Crippen LogP contribution in [0.15, 0.2) is 16.2 Å². The summed E-state index contributed by atoms with van der Waals surface area (Å²) in [5.74, 6) is 0.624. The summed E-state index contributed by atoms with van der Waals surface area (Å²) in [4.78, 5) is 21.2. The second-order valence-electron chi connectivity index (χ2n) is 5.09. The first-order chi connectivity index (χ1) is 9.93. The smallest absolute Gasteiger partial charge is 0.268 e. The van der Waals surface area contributed by atoms with E-state index in [4.69, 9.17) is 0 Å². The second-order valence-corrected chi connectivity index (χ2v) is 7.98. The lowest BCUT2D eigenvalue weighted by Crippen LogP contribution is -2.48. The van der Waals surface area contributed by atoms with E-state index in [1.165, 1.54) is 21.9 Å². The number of thiophene rings is 1. The summed E-state index contributed by atoms with van der Waals surface area (Å²) in [7, 11) is -3.12. The molecule has 0 spiro atoms. The molecular formula is C12H16N4O3S2. The van der Waals surface area contributed by atoms with Crippen LogP contribution in [0.1, 0.15) is 5.82 Å². The molecule has 9 heteroatoms. The predicted octanol–water partition coefficient (Wildman–Crippen LogP) is 0.0618. The van der Waals surface area contributed by atoms with E-state index in [-0.39, 0.29) is 5.56 Å². The van der Waals surface area contributed by atoms with Crippen molar-refractivity contribution in [3.63, 3.8) is 0 Å². The maximum atomic E-state index is 11.9. The number of rotatable bonds is 3. The van der Waals surface area contributed by atoms with Gasteiger partial charge in [0.1, 0.15) is 10.5 Å². The van der Waals surface area contributed by atoms with Crippen LogP contribution in [0.2, 0.25) is 0 Å². The number of fused-ring (bicyclic) bond motifs is 1. The Hall–Kier alpha value is -1.29. The number of hydrogen-bond donors (Lipinski definition) is 1. The van der Waals surface area contributed by atoms with Crippen molar-refractivity contribution < 1.29 is 8.42 Å². The molecule has 1 aliphatic heterocycles. The molecule has 2 aromatic heterocycles. The number of aromatic nitrogens is 2. The number of aromatic amines is 1. The Morgan fingerprint density at radius 3 is 2.71 bits per heavy atom. The summed E-state index contributed by atoms with van der Waals surface area (Å²) >= 11 is 1.38. The maximum absolute atomic E-state index is 11.9. The van der Waals surface area contributed by atoms with Gasteiger partial charge in [-0.1, -0.05) is 0 Å². The molecule has 2 aromatic rings. The average molecular weight is 328 g/mol. The van der Waals surface area contributed by atoms with Crippen LogP contribution in [-0.4, -0.2) is 60.0 Å². The van der Waals surface area contributed by atoms with Gasteiger partial charge >= 0.3 is 0 Å².